The van der Waals surface area contributed by atoms with Gasteiger partial charge in [0, 0.05) is 38.3 Å². The van der Waals surface area contributed by atoms with Gasteiger partial charge in [0.2, 0.25) is 15.9 Å². The Bertz CT molecular complexity index is 665. The van der Waals surface area contributed by atoms with Gasteiger partial charge in [0.1, 0.15) is 0 Å². The number of anilines is 1. The lowest BCUT2D eigenvalue weighted by Crippen LogP contribution is -2.47. The van der Waals surface area contributed by atoms with Gasteiger partial charge in [-0.3, -0.25) is 4.79 Å². The third-order valence-corrected chi connectivity index (χ3v) is 5.94. The summed E-state index contributed by atoms with van der Waals surface area (Å²) < 4.78 is 27.0. The van der Waals surface area contributed by atoms with E-state index in [-0.39, 0.29) is 35.6 Å². The molecular formula is C16H28Cl2N4O3S. The molecule has 2 N–H and O–H groups in total. The maximum absolute atomic E-state index is 12.7. The Kier molecular flexibility index (Phi) is 11.3. The van der Waals surface area contributed by atoms with Crippen LogP contribution >= 0.6 is 24.8 Å². The molecule has 0 aliphatic carbocycles. The van der Waals surface area contributed by atoms with Crippen LogP contribution in [0.5, 0.6) is 0 Å². The molecule has 1 aromatic rings. The number of carbonyl (C=O) groups is 1. The van der Waals surface area contributed by atoms with Crippen molar-refractivity contribution in [2.75, 3.05) is 52.1 Å². The van der Waals surface area contributed by atoms with E-state index in [2.05, 4.69) is 15.5 Å². The fraction of sp³-hybridized carbons (Fsp3) is 0.562. The van der Waals surface area contributed by atoms with Gasteiger partial charge in [-0.25, -0.2) is 8.42 Å². The van der Waals surface area contributed by atoms with Crippen LogP contribution in [0, 0.1) is 0 Å². The topological polar surface area (TPSA) is 81.8 Å². The molecule has 1 aromatic carbocycles. The molecule has 2 rings (SSSR count). The molecule has 0 atom stereocenters. The molecule has 10 heteroatoms. The number of benzene rings is 1. The molecule has 0 spiro atoms. The van der Waals surface area contributed by atoms with Crippen LogP contribution < -0.4 is 10.6 Å². The fourth-order valence-electron chi connectivity index (χ4n) is 2.56. The second-order valence-corrected chi connectivity index (χ2v) is 7.93. The van der Waals surface area contributed by atoms with Crippen LogP contribution in [0.4, 0.5) is 5.69 Å². The second kappa shape index (κ2) is 11.7. The van der Waals surface area contributed by atoms with Crippen LogP contribution in [-0.2, 0) is 14.8 Å². The zero-order valence-corrected chi connectivity index (χ0v) is 17.6. The normalized spacial score (nSPS) is 15.6. The summed E-state index contributed by atoms with van der Waals surface area (Å²) in [6, 6.07) is 6.47. The van der Waals surface area contributed by atoms with E-state index in [1.54, 1.807) is 18.2 Å². The smallest absolute Gasteiger partial charge is 0.243 e. The zero-order valence-electron chi connectivity index (χ0n) is 15.1. The van der Waals surface area contributed by atoms with E-state index in [4.69, 9.17) is 0 Å². The Morgan fingerprint density at radius 2 is 1.81 bits per heavy atom. The SMILES string of the molecule is CNCCCC(=O)Nc1cccc(S(=O)(=O)N2CCN(C)CC2)c1.Cl.Cl. The van der Waals surface area contributed by atoms with E-state index in [9.17, 15) is 13.2 Å². The van der Waals surface area contributed by atoms with E-state index in [0.29, 0.717) is 25.2 Å². The van der Waals surface area contributed by atoms with E-state index in [0.717, 1.165) is 26.1 Å². The molecule has 1 heterocycles. The summed E-state index contributed by atoms with van der Waals surface area (Å²) in [6.45, 7) is 3.19. The molecule has 0 saturated carbocycles. The molecule has 1 saturated heterocycles. The number of hydrogen-bond donors (Lipinski definition) is 2. The predicted molar refractivity (Wildman–Crippen MR) is 109 cm³/mol. The van der Waals surface area contributed by atoms with E-state index >= 15 is 0 Å². The van der Waals surface area contributed by atoms with Gasteiger partial charge >= 0.3 is 0 Å². The summed E-state index contributed by atoms with van der Waals surface area (Å²) in [7, 11) is 0.299. The van der Waals surface area contributed by atoms with Crippen LogP contribution in [0.2, 0.25) is 0 Å². The van der Waals surface area contributed by atoms with Crippen LogP contribution in [0.3, 0.4) is 0 Å². The maximum atomic E-state index is 12.7. The minimum absolute atomic E-state index is 0. The van der Waals surface area contributed by atoms with Crippen molar-refractivity contribution in [3.63, 3.8) is 0 Å². The highest BCUT2D eigenvalue weighted by atomic mass is 35.5. The van der Waals surface area contributed by atoms with Crippen molar-refractivity contribution in [3.05, 3.63) is 24.3 Å². The van der Waals surface area contributed by atoms with Crippen molar-refractivity contribution in [2.24, 2.45) is 0 Å². The Labute approximate surface area is 168 Å². The van der Waals surface area contributed by atoms with Crippen molar-refractivity contribution in [1.82, 2.24) is 14.5 Å². The Morgan fingerprint density at radius 3 is 2.42 bits per heavy atom. The van der Waals surface area contributed by atoms with Crippen LogP contribution in [0.25, 0.3) is 0 Å². The van der Waals surface area contributed by atoms with Gasteiger partial charge in [-0.15, -0.1) is 24.8 Å². The van der Waals surface area contributed by atoms with Gasteiger partial charge in [-0.2, -0.15) is 4.31 Å². The molecule has 150 valence electrons. The molecule has 1 amide bonds. The molecule has 0 radical (unpaired) electrons. The number of likely N-dealkylation sites (N-methyl/N-ethyl adjacent to an activating group) is 1. The zero-order chi connectivity index (χ0) is 17.6. The monoisotopic (exact) mass is 426 g/mol. The number of nitrogens with zero attached hydrogens (tertiary/aromatic N) is 2. The van der Waals surface area contributed by atoms with Crippen molar-refractivity contribution < 1.29 is 13.2 Å². The highest BCUT2D eigenvalue weighted by Crippen LogP contribution is 2.21. The Morgan fingerprint density at radius 1 is 1.15 bits per heavy atom. The first-order valence-electron chi connectivity index (χ1n) is 8.16. The van der Waals surface area contributed by atoms with Gasteiger partial charge in [0.05, 0.1) is 4.90 Å². The lowest BCUT2D eigenvalue weighted by molar-refractivity contribution is -0.116. The molecule has 1 aliphatic rings. The number of nitrogens with one attached hydrogen (secondary N) is 2. The van der Waals surface area contributed by atoms with Crippen molar-refractivity contribution in [3.8, 4) is 0 Å². The van der Waals surface area contributed by atoms with Crippen molar-refractivity contribution in [2.45, 2.75) is 17.7 Å². The first kappa shape index (κ1) is 25.1. The maximum Gasteiger partial charge on any atom is 0.243 e. The summed E-state index contributed by atoms with van der Waals surface area (Å²) in [4.78, 5) is 14.2. The number of hydrogen-bond acceptors (Lipinski definition) is 5. The number of piperazine rings is 1. The van der Waals surface area contributed by atoms with Gasteiger partial charge in [0.25, 0.3) is 0 Å². The van der Waals surface area contributed by atoms with Gasteiger partial charge in [-0.1, -0.05) is 6.07 Å². The molecule has 26 heavy (non-hydrogen) atoms. The molecule has 1 fully saturated rings. The van der Waals surface area contributed by atoms with Gasteiger partial charge in [-0.05, 0) is 45.3 Å². The molecule has 0 aromatic heterocycles. The molecule has 1 aliphatic heterocycles. The van der Waals surface area contributed by atoms with E-state index in [1.807, 2.05) is 14.1 Å². The summed E-state index contributed by atoms with van der Waals surface area (Å²) in [5.41, 5.74) is 0.514. The van der Waals surface area contributed by atoms with E-state index < -0.39 is 10.0 Å². The second-order valence-electron chi connectivity index (χ2n) is 5.99. The first-order chi connectivity index (χ1) is 11.4. The van der Waals surface area contributed by atoms with Crippen LogP contribution in [0.15, 0.2) is 29.2 Å². The number of rotatable bonds is 7. The van der Waals surface area contributed by atoms with Crippen molar-refractivity contribution >= 4 is 46.4 Å². The molecule has 0 bridgehead atoms. The molecular weight excluding hydrogens is 399 g/mol. The average Bonchev–Trinajstić information content (AvgIpc) is 2.56. The lowest BCUT2D eigenvalue weighted by Gasteiger charge is -2.31. The third kappa shape index (κ3) is 7.02. The number of amides is 1. The highest BCUT2D eigenvalue weighted by molar-refractivity contribution is 7.89. The fourth-order valence-corrected chi connectivity index (χ4v) is 4.03. The first-order valence-corrected chi connectivity index (χ1v) is 9.60. The molecule has 7 nitrogen and oxygen atoms in total. The van der Waals surface area contributed by atoms with Crippen LogP contribution in [-0.4, -0.2) is 70.3 Å². The Hall–Kier alpha value is -0.900. The average molecular weight is 427 g/mol. The molecule has 0 unspecified atom stereocenters. The summed E-state index contributed by atoms with van der Waals surface area (Å²) in [6.07, 6.45) is 1.14. The lowest BCUT2D eigenvalue weighted by atomic mass is 10.2. The van der Waals surface area contributed by atoms with Gasteiger partial charge in [0.15, 0.2) is 0 Å². The van der Waals surface area contributed by atoms with Crippen molar-refractivity contribution in [1.29, 1.82) is 0 Å². The summed E-state index contributed by atoms with van der Waals surface area (Å²) in [5.74, 6) is -0.112. The largest absolute Gasteiger partial charge is 0.326 e. The van der Waals surface area contributed by atoms with Crippen LogP contribution in [0.1, 0.15) is 12.8 Å². The predicted octanol–water partition coefficient (Wildman–Crippen LogP) is 1.40. The Balaban J connectivity index is 0.00000312. The highest BCUT2D eigenvalue weighted by Gasteiger charge is 2.27. The third-order valence-electron chi connectivity index (χ3n) is 4.05. The summed E-state index contributed by atoms with van der Waals surface area (Å²) in [5, 5.41) is 5.75. The van der Waals surface area contributed by atoms with E-state index in [1.165, 1.54) is 10.4 Å². The number of sulfonamides is 1. The minimum Gasteiger partial charge on any atom is -0.326 e. The quantitative estimate of drug-likeness (QED) is 0.643. The summed E-state index contributed by atoms with van der Waals surface area (Å²) >= 11 is 0. The minimum atomic E-state index is -3.52. The van der Waals surface area contributed by atoms with Gasteiger partial charge < -0.3 is 15.5 Å². The number of halogens is 2. The standard InChI is InChI=1S/C16H26N4O3S.2ClH/c1-17-8-4-7-16(21)18-14-5-3-6-15(13-14)24(22,23)20-11-9-19(2)10-12-20;;/h3,5-6,13,17H,4,7-12H2,1-2H3,(H,18,21);2*1H. The number of carbonyl (C=O) groups excluding carboxylic acids is 1.